The summed E-state index contributed by atoms with van der Waals surface area (Å²) in [6.07, 6.45) is 4.88. The molecule has 1 aliphatic rings. The second kappa shape index (κ2) is 5.76. The van der Waals surface area contributed by atoms with Gasteiger partial charge in [-0.25, -0.2) is 4.98 Å². The lowest BCUT2D eigenvalue weighted by Gasteiger charge is -2.20. The third-order valence-corrected chi connectivity index (χ3v) is 4.00. The van der Waals surface area contributed by atoms with Crippen molar-refractivity contribution in [2.45, 2.75) is 19.4 Å². The Kier molecular flexibility index (Phi) is 3.46. The number of fused-ring (bicyclic) bond motifs is 1. The first-order chi connectivity index (χ1) is 11.3. The third kappa shape index (κ3) is 2.78. The topological polar surface area (TPSA) is 35.3 Å². The van der Waals surface area contributed by atoms with Crippen LogP contribution in [0.4, 0.5) is 0 Å². The number of nitrogens with zero attached hydrogens (tertiary/aromatic N) is 1. The molecule has 2 aromatic carbocycles. The molecule has 0 fully saturated rings. The molecule has 0 saturated carbocycles. The Balaban J connectivity index is 1.56. The maximum Gasteiger partial charge on any atom is 0.226 e. The average Bonchev–Trinajstić information content (AvgIpc) is 2.96. The van der Waals surface area contributed by atoms with E-state index in [1.54, 1.807) is 0 Å². The Morgan fingerprint density at radius 1 is 1.00 bits per heavy atom. The lowest BCUT2D eigenvalue weighted by Crippen LogP contribution is -2.20. The molecule has 3 aromatic rings. The van der Waals surface area contributed by atoms with Crippen LogP contribution in [0.15, 0.2) is 65.1 Å². The van der Waals surface area contributed by atoms with Gasteiger partial charge in [-0.2, -0.15) is 0 Å². The van der Waals surface area contributed by atoms with Gasteiger partial charge in [-0.05, 0) is 31.2 Å². The van der Waals surface area contributed by atoms with Crippen LogP contribution in [0.2, 0.25) is 0 Å². The highest BCUT2D eigenvalue weighted by atomic mass is 16.5. The van der Waals surface area contributed by atoms with Crippen LogP contribution in [0.1, 0.15) is 17.0 Å². The molecule has 0 spiro atoms. The minimum absolute atomic E-state index is 0.0164. The summed E-state index contributed by atoms with van der Waals surface area (Å²) in [5, 5.41) is 0. The first-order valence-corrected chi connectivity index (χ1v) is 7.75. The van der Waals surface area contributed by atoms with E-state index >= 15 is 0 Å². The number of para-hydroxylation sites is 1. The van der Waals surface area contributed by atoms with Crippen molar-refractivity contribution in [1.82, 2.24) is 4.98 Å². The fraction of sp³-hybridized carbons (Fsp3) is 0.150. The Hall–Kier alpha value is -2.81. The van der Waals surface area contributed by atoms with E-state index in [9.17, 15) is 0 Å². The molecule has 1 aliphatic heterocycles. The minimum atomic E-state index is -0.0164. The summed E-state index contributed by atoms with van der Waals surface area (Å²) >= 11 is 0. The van der Waals surface area contributed by atoms with Gasteiger partial charge >= 0.3 is 0 Å². The second-order valence-electron chi connectivity index (χ2n) is 5.65. The number of aromatic nitrogens is 1. The van der Waals surface area contributed by atoms with Crippen LogP contribution >= 0.6 is 0 Å². The molecule has 3 nitrogen and oxygen atoms in total. The Bertz CT molecular complexity index is 849. The van der Waals surface area contributed by atoms with Crippen molar-refractivity contribution in [3.63, 3.8) is 0 Å². The smallest absolute Gasteiger partial charge is 0.226 e. The second-order valence-corrected chi connectivity index (χ2v) is 5.65. The van der Waals surface area contributed by atoms with Gasteiger partial charge in [-0.1, -0.05) is 42.5 Å². The number of ether oxygens (including phenoxy) is 1. The molecule has 0 bridgehead atoms. The minimum Gasteiger partial charge on any atom is -0.485 e. The first-order valence-electron chi connectivity index (χ1n) is 7.75. The van der Waals surface area contributed by atoms with Crippen molar-refractivity contribution in [1.29, 1.82) is 0 Å². The van der Waals surface area contributed by atoms with Crippen LogP contribution in [0.5, 0.6) is 5.75 Å². The van der Waals surface area contributed by atoms with Gasteiger partial charge in [0.1, 0.15) is 17.6 Å². The van der Waals surface area contributed by atoms with Crippen LogP contribution in [0, 0.1) is 6.92 Å². The van der Waals surface area contributed by atoms with Crippen LogP contribution in [0.3, 0.4) is 0 Å². The van der Waals surface area contributed by atoms with E-state index in [0.29, 0.717) is 12.3 Å². The Morgan fingerprint density at radius 2 is 1.78 bits per heavy atom. The van der Waals surface area contributed by atoms with E-state index in [2.05, 4.69) is 23.2 Å². The summed E-state index contributed by atoms with van der Waals surface area (Å²) < 4.78 is 11.9. The quantitative estimate of drug-likeness (QED) is 0.705. The first kappa shape index (κ1) is 13.8. The van der Waals surface area contributed by atoms with E-state index in [1.165, 1.54) is 0 Å². The van der Waals surface area contributed by atoms with Crippen LogP contribution in [0.25, 0.3) is 17.5 Å². The van der Waals surface area contributed by atoms with Crippen molar-refractivity contribution >= 4 is 6.08 Å². The predicted molar refractivity (Wildman–Crippen MR) is 90.3 cm³/mol. The van der Waals surface area contributed by atoms with Crippen molar-refractivity contribution < 1.29 is 9.15 Å². The van der Waals surface area contributed by atoms with Gasteiger partial charge in [0.15, 0.2) is 0 Å². The van der Waals surface area contributed by atoms with Crippen molar-refractivity contribution in [3.05, 3.63) is 77.7 Å². The molecule has 1 unspecified atom stereocenters. The van der Waals surface area contributed by atoms with Crippen LogP contribution in [-0.2, 0) is 6.42 Å². The molecule has 1 atom stereocenters. The summed E-state index contributed by atoms with van der Waals surface area (Å²) in [5.74, 6) is 2.43. The van der Waals surface area contributed by atoms with Crippen LogP contribution < -0.4 is 4.74 Å². The number of oxazole rings is 1. The Labute approximate surface area is 135 Å². The Morgan fingerprint density at radius 3 is 2.65 bits per heavy atom. The molecule has 0 N–H and O–H groups in total. The van der Waals surface area contributed by atoms with Gasteiger partial charge in [0.2, 0.25) is 5.89 Å². The number of aryl methyl sites for hydroxylation is 1. The molecular weight excluding hydrogens is 286 g/mol. The van der Waals surface area contributed by atoms with Crippen molar-refractivity contribution in [2.24, 2.45) is 0 Å². The maximum absolute atomic E-state index is 6.04. The lowest BCUT2D eigenvalue weighted by atomic mass is 10.1. The summed E-state index contributed by atoms with van der Waals surface area (Å²) in [4.78, 5) is 4.65. The van der Waals surface area contributed by atoms with Gasteiger partial charge in [0, 0.05) is 17.5 Å². The van der Waals surface area contributed by atoms with E-state index < -0.39 is 0 Å². The molecule has 2 heterocycles. The summed E-state index contributed by atoms with van der Waals surface area (Å²) in [6, 6.07) is 18.0. The fourth-order valence-corrected chi connectivity index (χ4v) is 2.76. The summed E-state index contributed by atoms with van der Waals surface area (Å²) in [6.45, 7) is 1.95. The van der Waals surface area contributed by atoms with E-state index in [4.69, 9.17) is 9.15 Å². The number of benzene rings is 2. The maximum atomic E-state index is 6.04. The molecule has 0 saturated heterocycles. The van der Waals surface area contributed by atoms with Crippen molar-refractivity contribution in [3.8, 4) is 17.2 Å². The average molecular weight is 303 g/mol. The van der Waals surface area contributed by atoms with Gasteiger partial charge in [-0.15, -0.1) is 0 Å². The van der Waals surface area contributed by atoms with E-state index in [0.717, 1.165) is 28.3 Å². The van der Waals surface area contributed by atoms with Gasteiger partial charge in [-0.3, -0.25) is 0 Å². The normalized spacial score (nSPS) is 16.0. The molecule has 3 heteroatoms. The largest absolute Gasteiger partial charge is 0.485 e. The number of hydrogen-bond acceptors (Lipinski definition) is 3. The fourth-order valence-electron chi connectivity index (χ4n) is 2.76. The molecule has 0 aliphatic carbocycles. The van der Waals surface area contributed by atoms with Gasteiger partial charge < -0.3 is 9.15 Å². The standard InChI is InChI=1S/C20H17NO2/c1-14-18(21-20(22-14)16-8-3-2-4-9-16)13-17-12-11-15-7-5-6-10-19(15)23-17/h2-12,17H,13H2,1H3. The molecule has 4 rings (SSSR count). The number of hydrogen-bond donors (Lipinski definition) is 0. The number of rotatable bonds is 3. The summed E-state index contributed by atoms with van der Waals surface area (Å²) in [5.41, 5.74) is 3.05. The van der Waals surface area contributed by atoms with Crippen molar-refractivity contribution in [2.75, 3.05) is 0 Å². The zero-order valence-electron chi connectivity index (χ0n) is 12.9. The summed E-state index contributed by atoms with van der Waals surface area (Å²) in [7, 11) is 0. The molecule has 1 aromatic heterocycles. The lowest BCUT2D eigenvalue weighted by molar-refractivity contribution is 0.244. The third-order valence-electron chi connectivity index (χ3n) is 4.00. The highest BCUT2D eigenvalue weighted by Gasteiger charge is 2.19. The van der Waals surface area contributed by atoms with E-state index in [1.807, 2.05) is 55.5 Å². The zero-order chi connectivity index (χ0) is 15.6. The van der Waals surface area contributed by atoms with Crippen LogP contribution in [-0.4, -0.2) is 11.1 Å². The predicted octanol–water partition coefficient (Wildman–Crippen LogP) is 4.67. The highest BCUT2D eigenvalue weighted by molar-refractivity contribution is 5.60. The van der Waals surface area contributed by atoms with E-state index in [-0.39, 0.29) is 6.10 Å². The van der Waals surface area contributed by atoms with Gasteiger partial charge in [0.05, 0.1) is 5.69 Å². The monoisotopic (exact) mass is 303 g/mol. The molecule has 23 heavy (non-hydrogen) atoms. The molecular formula is C20H17NO2. The SMILES string of the molecule is Cc1oc(-c2ccccc2)nc1CC1C=Cc2ccccc2O1. The van der Waals surface area contributed by atoms with Gasteiger partial charge in [0.25, 0.3) is 0 Å². The molecule has 0 radical (unpaired) electrons. The molecule has 0 amide bonds. The highest BCUT2D eigenvalue weighted by Crippen LogP contribution is 2.28. The zero-order valence-corrected chi connectivity index (χ0v) is 12.9. The molecule has 114 valence electrons.